The quantitative estimate of drug-likeness (QED) is 0.784. The molecule has 1 aromatic rings. The van der Waals surface area contributed by atoms with Crippen LogP contribution >= 0.6 is 12.4 Å². The summed E-state index contributed by atoms with van der Waals surface area (Å²) >= 11 is 0. The van der Waals surface area contributed by atoms with Crippen LogP contribution in [0.1, 0.15) is 36.2 Å². The van der Waals surface area contributed by atoms with E-state index in [0.717, 1.165) is 25.7 Å². The summed E-state index contributed by atoms with van der Waals surface area (Å²) in [5, 5.41) is 10.7. The van der Waals surface area contributed by atoms with Gasteiger partial charge in [-0.25, -0.2) is 4.68 Å². The van der Waals surface area contributed by atoms with Crippen LogP contribution in [0, 0.1) is 5.92 Å². The number of amides is 2. The first-order valence-corrected chi connectivity index (χ1v) is 7.62. The van der Waals surface area contributed by atoms with E-state index in [1.165, 1.54) is 15.8 Å². The topological polar surface area (TPSA) is 106 Å². The van der Waals surface area contributed by atoms with Gasteiger partial charge < -0.3 is 16.0 Å². The van der Waals surface area contributed by atoms with Crippen LogP contribution in [-0.2, 0) is 11.3 Å². The molecule has 0 spiro atoms. The standard InChI is InChI=1S/C14H24N6O2.ClH/c1-19(2)13(21)9-20-8-12(17-18-20)14(22)16-11-6-4-3-5-10(11)7-15;/h8,10-11H,3-7,9,15H2,1-2H3,(H,16,22);1H. The molecule has 1 aromatic heterocycles. The van der Waals surface area contributed by atoms with Gasteiger partial charge in [-0.05, 0) is 25.3 Å². The van der Waals surface area contributed by atoms with Crippen molar-refractivity contribution in [3.05, 3.63) is 11.9 Å². The number of likely N-dealkylation sites (N-methyl/N-ethyl adjacent to an activating group) is 1. The number of nitrogens with zero attached hydrogens (tertiary/aromatic N) is 4. The Bertz CT molecular complexity index is 533. The van der Waals surface area contributed by atoms with Crippen molar-refractivity contribution in [2.75, 3.05) is 20.6 Å². The summed E-state index contributed by atoms with van der Waals surface area (Å²) in [5.74, 6) is -0.0377. The maximum Gasteiger partial charge on any atom is 0.273 e. The maximum absolute atomic E-state index is 12.2. The van der Waals surface area contributed by atoms with E-state index in [0.29, 0.717) is 12.5 Å². The molecule has 0 saturated heterocycles. The molecule has 1 aliphatic carbocycles. The smallest absolute Gasteiger partial charge is 0.273 e. The molecule has 0 bridgehead atoms. The first-order valence-electron chi connectivity index (χ1n) is 7.62. The molecule has 2 rings (SSSR count). The lowest BCUT2D eigenvalue weighted by Crippen LogP contribution is -2.44. The number of rotatable bonds is 5. The average molecular weight is 345 g/mol. The number of carbonyl (C=O) groups is 2. The van der Waals surface area contributed by atoms with Gasteiger partial charge in [0.1, 0.15) is 6.54 Å². The summed E-state index contributed by atoms with van der Waals surface area (Å²) in [6.45, 7) is 0.650. The number of hydrogen-bond acceptors (Lipinski definition) is 5. The van der Waals surface area contributed by atoms with Crippen molar-refractivity contribution in [1.82, 2.24) is 25.2 Å². The zero-order chi connectivity index (χ0) is 16.1. The number of nitrogens with two attached hydrogens (primary N) is 1. The van der Waals surface area contributed by atoms with Crippen molar-refractivity contribution < 1.29 is 9.59 Å². The van der Waals surface area contributed by atoms with Crippen molar-refractivity contribution in [1.29, 1.82) is 0 Å². The second-order valence-corrected chi connectivity index (χ2v) is 5.95. The van der Waals surface area contributed by atoms with E-state index in [9.17, 15) is 9.59 Å². The molecule has 23 heavy (non-hydrogen) atoms. The monoisotopic (exact) mass is 344 g/mol. The first kappa shape index (κ1) is 19.4. The third kappa shape index (κ3) is 5.18. The molecule has 3 N–H and O–H groups in total. The minimum atomic E-state index is -0.256. The van der Waals surface area contributed by atoms with Crippen molar-refractivity contribution in [3.8, 4) is 0 Å². The van der Waals surface area contributed by atoms with Crippen LogP contribution < -0.4 is 11.1 Å². The van der Waals surface area contributed by atoms with E-state index in [1.54, 1.807) is 14.1 Å². The molecule has 0 aliphatic heterocycles. The summed E-state index contributed by atoms with van der Waals surface area (Å²) in [7, 11) is 3.34. The molecular weight excluding hydrogens is 320 g/mol. The van der Waals surface area contributed by atoms with Crippen LogP contribution in [0.3, 0.4) is 0 Å². The number of nitrogens with one attached hydrogen (secondary N) is 1. The third-order valence-corrected chi connectivity index (χ3v) is 4.10. The predicted octanol–water partition coefficient (Wildman–Crippen LogP) is 0.0354. The zero-order valence-electron chi connectivity index (χ0n) is 13.6. The fraction of sp³-hybridized carbons (Fsp3) is 0.714. The van der Waals surface area contributed by atoms with Crippen LogP contribution in [0.25, 0.3) is 0 Å². The Labute approximate surface area is 142 Å². The van der Waals surface area contributed by atoms with Gasteiger partial charge in [0.05, 0.1) is 6.20 Å². The molecular formula is C14H25ClN6O2. The first-order chi connectivity index (χ1) is 10.5. The molecule has 1 fully saturated rings. The molecule has 9 heteroatoms. The largest absolute Gasteiger partial charge is 0.348 e. The molecule has 0 radical (unpaired) electrons. The highest BCUT2D eigenvalue weighted by molar-refractivity contribution is 5.92. The van der Waals surface area contributed by atoms with E-state index in [-0.39, 0.29) is 42.5 Å². The van der Waals surface area contributed by atoms with Gasteiger partial charge in [0.2, 0.25) is 5.91 Å². The van der Waals surface area contributed by atoms with Gasteiger partial charge in [-0.15, -0.1) is 17.5 Å². The summed E-state index contributed by atoms with van der Waals surface area (Å²) in [5.41, 5.74) is 6.00. The molecule has 0 aromatic carbocycles. The zero-order valence-corrected chi connectivity index (χ0v) is 14.4. The molecule has 2 unspecified atom stereocenters. The van der Waals surface area contributed by atoms with Crippen LogP contribution in [0.15, 0.2) is 6.20 Å². The number of carbonyl (C=O) groups excluding carboxylic acids is 2. The van der Waals surface area contributed by atoms with Crippen LogP contribution in [-0.4, -0.2) is 58.4 Å². The Hall–Kier alpha value is -1.67. The van der Waals surface area contributed by atoms with E-state index in [2.05, 4.69) is 15.6 Å². The number of aromatic nitrogens is 3. The maximum atomic E-state index is 12.2. The highest BCUT2D eigenvalue weighted by Crippen LogP contribution is 2.23. The van der Waals surface area contributed by atoms with Crippen molar-refractivity contribution in [2.24, 2.45) is 11.7 Å². The Morgan fingerprint density at radius 1 is 1.39 bits per heavy atom. The summed E-state index contributed by atoms with van der Waals surface area (Å²) in [6, 6.07) is 0.0970. The Kier molecular flexibility index (Phi) is 7.44. The minimum absolute atomic E-state index is 0. The van der Waals surface area contributed by atoms with Gasteiger partial charge in [-0.2, -0.15) is 0 Å². The lowest BCUT2D eigenvalue weighted by Gasteiger charge is -2.30. The third-order valence-electron chi connectivity index (χ3n) is 4.10. The van der Waals surface area contributed by atoms with E-state index in [4.69, 9.17) is 5.73 Å². The van der Waals surface area contributed by atoms with Crippen molar-refractivity contribution >= 4 is 24.2 Å². The summed E-state index contributed by atoms with van der Waals surface area (Å²) in [4.78, 5) is 25.3. The fourth-order valence-corrected chi connectivity index (χ4v) is 2.68. The molecule has 1 saturated carbocycles. The molecule has 1 aliphatic rings. The average Bonchev–Trinajstić information content (AvgIpc) is 2.96. The predicted molar refractivity (Wildman–Crippen MR) is 88.2 cm³/mol. The van der Waals surface area contributed by atoms with Crippen LogP contribution in [0.5, 0.6) is 0 Å². The van der Waals surface area contributed by atoms with Gasteiger partial charge in [0.25, 0.3) is 5.91 Å². The lowest BCUT2D eigenvalue weighted by molar-refractivity contribution is -0.129. The van der Waals surface area contributed by atoms with Gasteiger partial charge in [-0.3, -0.25) is 9.59 Å². The summed E-state index contributed by atoms with van der Waals surface area (Å²) in [6.07, 6.45) is 5.76. The second kappa shape index (κ2) is 8.83. The van der Waals surface area contributed by atoms with Gasteiger partial charge >= 0.3 is 0 Å². The molecule has 1 heterocycles. The van der Waals surface area contributed by atoms with E-state index < -0.39 is 0 Å². The number of halogens is 1. The fourth-order valence-electron chi connectivity index (χ4n) is 2.68. The molecule has 8 nitrogen and oxygen atoms in total. The van der Waals surface area contributed by atoms with Gasteiger partial charge in [0.15, 0.2) is 5.69 Å². The highest BCUT2D eigenvalue weighted by atomic mass is 35.5. The van der Waals surface area contributed by atoms with E-state index in [1.807, 2.05) is 0 Å². The molecule has 2 atom stereocenters. The van der Waals surface area contributed by atoms with Crippen molar-refractivity contribution in [3.63, 3.8) is 0 Å². The Balaban J connectivity index is 0.00000264. The van der Waals surface area contributed by atoms with Gasteiger partial charge in [-0.1, -0.05) is 18.1 Å². The lowest BCUT2D eigenvalue weighted by atomic mass is 9.84. The molecule has 2 amide bonds. The highest BCUT2D eigenvalue weighted by Gasteiger charge is 2.26. The van der Waals surface area contributed by atoms with Gasteiger partial charge in [0, 0.05) is 20.1 Å². The van der Waals surface area contributed by atoms with Crippen molar-refractivity contribution in [2.45, 2.75) is 38.3 Å². The summed E-state index contributed by atoms with van der Waals surface area (Å²) < 4.78 is 1.37. The SMILES string of the molecule is CN(C)C(=O)Cn1cc(C(=O)NC2CCCCC2CN)nn1.Cl. The Morgan fingerprint density at radius 2 is 2.09 bits per heavy atom. The van der Waals surface area contributed by atoms with E-state index >= 15 is 0 Å². The Morgan fingerprint density at radius 3 is 2.74 bits per heavy atom. The number of hydrogen-bond donors (Lipinski definition) is 2. The normalized spacial score (nSPS) is 20.5. The molecule has 130 valence electrons. The van der Waals surface area contributed by atoms with Crippen LogP contribution in [0.2, 0.25) is 0 Å². The van der Waals surface area contributed by atoms with Crippen LogP contribution in [0.4, 0.5) is 0 Å². The second-order valence-electron chi connectivity index (χ2n) is 5.95. The minimum Gasteiger partial charge on any atom is -0.348 e.